The number of nitrogens with zero attached hydrogens (tertiary/aromatic N) is 2. The Morgan fingerprint density at radius 1 is 0.943 bits per heavy atom. The fourth-order valence-electron chi connectivity index (χ4n) is 4.31. The van der Waals surface area contributed by atoms with E-state index >= 15 is 0 Å². The van der Waals surface area contributed by atoms with Crippen molar-refractivity contribution in [3.05, 3.63) is 77.6 Å². The highest BCUT2D eigenvalue weighted by molar-refractivity contribution is 7.89. The molecule has 2 aromatic carbocycles. The lowest BCUT2D eigenvalue weighted by atomic mass is 10.2. The summed E-state index contributed by atoms with van der Waals surface area (Å²) in [4.78, 5) is 25.2. The minimum atomic E-state index is -3.54. The number of carbonyl (C=O) groups excluding carboxylic acids is 2. The van der Waals surface area contributed by atoms with Crippen molar-refractivity contribution in [3.8, 4) is 5.69 Å². The fraction of sp³-hybridized carbons (Fsp3) is 0.308. The third-order valence-electron chi connectivity index (χ3n) is 6.09. The van der Waals surface area contributed by atoms with Gasteiger partial charge in [-0.15, -0.1) is 0 Å². The SMILES string of the molecule is Cc1cc(C(=O)OCC(=O)Nc2ccc(S(=O)(=O)N3CCCCC3)cc2)c(C)n1-c1ccccc1. The Morgan fingerprint density at radius 3 is 2.26 bits per heavy atom. The molecule has 1 aliphatic heterocycles. The van der Waals surface area contributed by atoms with Gasteiger partial charge in [0.25, 0.3) is 5.91 Å². The van der Waals surface area contributed by atoms with Gasteiger partial charge >= 0.3 is 5.97 Å². The number of hydrogen-bond donors (Lipinski definition) is 1. The predicted molar refractivity (Wildman–Crippen MR) is 133 cm³/mol. The molecule has 2 heterocycles. The number of esters is 1. The molecule has 9 heteroatoms. The molecule has 0 bridgehead atoms. The third kappa shape index (κ3) is 5.47. The van der Waals surface area contributed by atoms with Crippen molar-refractivity contribution in [3.63, 3.8) is 0 Å². The average molecular weight is 496 g/mol. The van der Waals surface area contributed by atoms with Crippen LogP contribution in [0.15, 0.2) is 65.6 Å². The molecule has 1 saturated heterocycles. The first-order valence-corrected chi connectivity index (χ1v) is 13.0. The molecule has 0 radical (unpaired) electrons. The van der Waals surface area contributed by atoms with Crippen LogP contribution in [0.3, 0.4) is 0 Å². The summed E-state index contributed by atoms with van der Waals surface area (Å²) in [5, 5.41) is 2.63. The highest BCUT2D eigenvalue weighted by atomic mass is 32.2. The van der Waals surface area contributed by atoms with E-state index in [2.05, 4.69) is 5.32 Å². The molecule has 0 unspecified atom stereocenters. The standard InChI is InChI=1S/C26H29N3O5S/c1-19-17-24(20(2)29(19)22-9-5-3-6-10-22)26(31)34-18-25(30)27-21-11-13-23(14-12-21)35(32,33)28-15-7-4-8-16-28/h3,5-6,9-14,17H,4,7-8,15-16,18H2,1-2H3,(H,27,30). The van der Waals surface area contributed by atoms with Crippen LogP contribution >= 0.6 is 0 Å². The molecule has 0 aliphatic carbocycles. The van der Waals surface area contributed by atoms with Crippen molar-refractivity contribution in [2.75, 3.05) is 25.0 Å². The molecule has 0 atom stereocenters. The maximum Gasteiger partial charge on any atom is 0.340 e. The zero-order chi connectivity index (χ0) is 25.0. The van der Waals surface area contributed by atoms with Crippen LogP contribution in [0.25, 0.3) is 5.69 Å². The molecule has 1 fully saturated rings. The minimum Gasteiger partial charge on any atom is -0.452 e. The molecule has 0 saturated carbocycles. The van der Waals surface area contributed by atoms with E-state index in [0.29, 0.717) is 24.3 Å². The normalized spacial score (nSPS) is 14.5. The summed E-state index contributed by atoms with van der Waals surface area (Å²) >= 11 is 0. The number of ether oxygens (including phenoxy) is 1. The van der Waals surface area contributed by atoms with E-state index in [4.69, 9.17) is 4.74 Å². The first kappa shape index (κ1) is 24.7. The number of benzene rings is 2. The number of amides is 1. The van der Waals surface area contributed by atoms with Crippen molar-refractivity contribution in [2.24, 2.45) is 0 Å². The van der Waals surface area contributed by atoms with E-state index in [0.717, 1.165) is 36.3 Å². The molecular formula is C26H29N3O5S. The number of anilines is 1. The lowest BCUT2D eigenvalue weighted by Gasteiger charge is -2.25. The van der Waals surface area contributed by atoms with E-state index in [1.54, 1.807) is 6.07 Å². The Balaban J connectivity index is 1.35. The number of nitrogens with one attached hydrogen (secondary N) is 1. The summed E-state index contributed by atoms with van der Waals surface area (Å²) in [6.07, 6.45) is 2.77. The van der Waals surface area contributed by atoms with E-state index in [1.807, 2.05) is 48.7 Å². The lowest BCUT2D eigenvalue weighted by Crippen LogP contribution is -2.35. The molecule has 1 amide bonds. The van der Waals surface area contributed by atoms with Crippen molar-refractivity contribution >= 4 is 27.6 Å². The van der Waals surface area contributed by atoms with Gasteiger partial charge in [-0.25, -0.2) is 13.2 Å². The average Bonchev–Trinajstić information content (AvgIpc) is 3.17. The van der Waals surface area contributed by atoms with Crippen molar-refractivity contribution in [1.82, 2.24) is 8.87 Å². The molecule has 8 nitrogen and oxygen atoms in total. The predicted octanol–water partition coefficient (Wildman–Crippen LogP) is 4.06. The number of sulfonamides is 1. The second-order valence-electron chi connectivity index (χ2n) is 8.57. The van der Waals surface area contributed by atoms with Gasteiger partial charge in [-0.3, -0.25) is 4.79 Å². The topological polar surface area (TPSA) is 97.7 Å². The maximum atomic E-state index is 12.8. The van der Waals surface area contributed by atoms with Crippen LogP contribution in [0.1, 0.15) is 41.0 Å². The zero-order valence-corrected chi connectivity index (χ0v) is 20.7. The Bertz CT molecular complexity index is 1310. The van der Waals surface area contributed by atoms with Gasteiger partial charge in [-0.2, -0.15) is 4.31 Å². The molecule has 1 aromatic heterocycles. The number of carbonyl (C=O) groups is 2. The summed E-state index contributed by atoms with van der Waals surface area (Å²) in [7, 11) is -3.54. The lowest BCUT2D eigenvalue weighted by molar-refractivity contribution is -0.119. The van der Waals surface area contributed by atoms with Crippen LogP contribution in [-0.2, 0) is 19.6 Å². The second-order valence-corrected chi connectivity index (χ2v) is 10.5. The van der Waals surface area contributed by atoms with E-state index in [9.17, 15) is 18.0 Å². The van der Waals surface area contributed by atoms with E-state index in [1.165, 1.54) is 28.6 Å². The number of hydrogen-bond acceptors (Lipinski definition) is 5. The van der Waals surface area contributed by atoms with Gasteiger partial charge in [0, 0.05) is 35.9 Å². The van der Waals surface area contributed by atoms with Gasteiger partial charge in [0.1, 0.15) is 0 Å². The molecule has 184 valence electrons. The van der Waals surface area contributed by atoms with Gasteiger partial charge in [0.2, 0.25) is 10.0 Å². The van der Waals surface area contributed by atoms with Gasteiger partial charge in [-0.1, -0.05) is 24.6 Å². The number of para-hydroxylation sites is 1. The molecule has 0 spiro atoms. The quantitative estimate of drug-likeness (QED) is 0.499. The molecule has 4 rings (SSSR count). The zero-order valence-electron chi connectivity index (χ0n) is 19.9. The fourth-order valence-corrected chi connectivity index (χ4v) is 5.83. The van der Waals surface area contributed by atoms with Gasteiger partial charge in [-0.05, 0) is 69.2 Å². The number of aromatic nitrogens is 1. The van der Waals surface area contributed by atoms with E-state index in [-0.39, 0.29) is 4.90 Å². The molecule has 3 aromatic rings. The maximum absolute atomic E-state index is 12.8. The monoisotopic (exact) mass is 495 g/mol. The van der Waals surface area contributed by atoms with Crippen molar-refractivity contribution in [1.29, 1.82) is 0 Å². The van der Waals surface area contributed by atoms with Gasteiger partial charge in [0.05, 0.1) is 10.5 Å². The van der Waals surface area contributed by atoms with Crippen LogP contribution in [-0.4, -0.2) is 48.9 Å². The van der Waals surface area contributed by atoms with Gasteiger partial charge in [0.15, 0.2) is 6.61 Å². The number of piperidine rings is 1. The van der Waals surface area contributed by atoms with Crippen molar-refractivity contribution < 1.29 is 22.7 Å². The molecular weight excluding hydrogens is 466 g/mol. The van der Waals surface area contributed by atoms with Crippen molar-refractivity contribution in [2.45, 2.75) is 38.0 Å². The molecule has 35 heavy (non-hydrogen) atoms. The third-order valence-corrected chi connectivity index (χ3v) is 8.00. The molecule has 1 aliphatic rings. The van der Waals surface area contributed by atoms with Crippen LogP contribution in [0.4, 0.5) is 5.69 Å². The summed E-state index contributed by atoms with van der Waals surface area (Å²) in [5.74, 6) is -1.10. The minimum absolute atomic E-state index is 0.192. The first-order valence-electron chi connectivity index (χ1n) is 11.6. The highest BCUT2D eigenvalue weighted by Gasteiger charge is 2.26. The summed E-state index contributed by atoms with van der Waals surface area (Å²) in [6.45, 7) is 4.33. The molecule has 1 N–H and O–H groups in total. The summed E-state index contributed by atoms with van der Waals surface area (Å²) < 4.78 is 34.2. The van der Waals surface area contributed by atoms with Crippen LogP contribution in [0.2, 0.25) is 0 Å². The summed E-state index contributed by atoms with van der Waals surface area (Å²) in [5.41, 5.74) is 3.36. The summed E-state index contributed by atoms with van der Waals surface area (Å²) in [6, 6.07) is 17.4. The smallest absolute Gasteiger partial charge is 0.340 e. The number of rotatable bonds is 7. The van der Waals surface area contributed by atoms with E-state index < -0.39 is 28.5 Å². The highest BCUT2D eigenvalue weighted by Crippen LogP contribution is 2.23. The first-order chi connectivity index (χ1) is 16.8. The second kappa shape index (κ2) is 10.5. The Labute approximate surface area is 205 Å². The largest absolute Gasteiger partial charge is 0.452 e. The Kier molecular flexibility index (Phi) is 7.37. The van der Waals surface area contributed by atoms with Gasteiger partial charge < -0.3 is 14.6 Å². The number of aryl methyl sites for hydroxylation is 1. The van der Waals surface area contributed by atoms with Crippen LogP contribution in [0.5, 0.6) is 0 Å². The Morgan fingerprint density at radius 2 is 1.60 bits per heavy atom. The Hall–Kier alpha value is -3.43. The van der Waals surface area contributed by atoms with Crippen LogP contribution < -0.4 is 5.32 Å². The van der Waals surface area contributed by atoms with Crippen LogP contribution in [0, 0.1) is 13.8 Å².